The number of ether oxygens (including phenoxy) is 2. The highest BCUT2D eigenvalue weighted by molar-refractivity contribution is 6.46. The van der Waals surface area contributed by atoms with Gasteiger partial charge >= 0.3 is 0 Å². The van der Waals surface area contributed by atoms with Gasteiger partial charge in [0, 0.05) is 18.1 Å². The second kappa shape index (κ2) is 8.63. The summed E-state index contributed by atoms with van der Waals surface area (Å²) in [5.74, 6) is 0.949. The van der Waals surface area contributed by atoms with Crippen molar-refractivity contribution in [3.8, 4) is 11.5 Å². The molecule has 1 fully saturated rings. The molecule has 2 aromatic carbocycles. The fraction of sp³-hybridized carbons (Fsp3) is 0.333. The van der Waals surface area contributed by atoms with Crippen LogP contribution in [0.5, 0.6) is 11.5 Å². The van der Waals surface area contributed by atoms with Gasteiger partial charge in [-0.1, -0.05) is 30.7 Å². The van der Waals surface area contributed by atoms with Crippen LogP contribution in [0.25, 0.3) is 5.57 Å². The zero-order chi connectivity index (χ0) is 22.1. The standard InChI is InChI=1S/C24H25ClN2O4/c1-15-10-12-26(13-11-15)22-21(16-4-7-18(30-2)8-5-16)23(28)27(24(22)29)19-14-17(25)6-9-20(19)31-3/h4-9,14-15H,10-13H2,1-3H3. The van der Waals surface area contributed by atoms with Crippen LogP contribution in [-0.2, 0) is 9.59 Å². The van der Waals surface area contributed by atoms with E-state index in [0.717, 1.165) is 25.9 Å². The topological polar surface area (TPSA) is 59.1 Å². The summed E-state index contributed by atoms with van der Waals surface area (Å²) in [6.45, 7) is 3.67. The summed E-state index contributed by atoms with van der Waals surface area (Å²) in [5, 5.41) is 0.419. The summed E-state index contributed by atoms with van der Waals surface area (Å²) in [4.78, 5) is 30.5. The number of rotatable bonds is 5. The Balaban J connectivity index is 1.83. The highest BCUT2D eigenvalue weighted by Crippen LogP contribution is 2.40. The molecule has 1 saturated heterocycles. The van der Waals surface area contributed by atoms with Gasteiger partial charge < -0.3 is 14.4 Å². The number of carbonyl (C=O) groups excluding carboxylic acids is 2. The van der Waals surface area contributed by atoms with Crippen molar-refractivity contribution in [2.45, 2.75) is 19.8 Å². The molecule has 7 heteroatoms. The van der Waals surface area contributed by atoms with Crippen molar-refractivity contribution < 1.29 is 19.1 Å². The van der Waals surface area contributed by atoms with Crippen LogP contribution in [0.1, 0.15) is 25.3 Å². The predicted molar refractivity (Wildman–Crippen MR) is 120 cm³/mol. The lowest BCUT2D eigenvalue weighted by Crippen LogP contribution is -2.38. The number of hydrogen-bond acceptors (Lipinski definition) is 5. The molecule has 162 valence electrons. The normalized spacial score (nSPS) is 17.5. The van der Waals surface area contributed by atoms with Crippen LogP contribution in [0.15, 0.2) is 48.2 Å². The number of likely N-dealkylation sites (tertiary alicyclic amines) is 1. The third-order valence-corrected chi connectivity index (χ3v) is 6.15. The average Bonchev–Trinajstić information content (AvgIpc) is 3.04. The van der Waals surface area contributed by atoms with Crippen molar-refractivity contribution in [3.63, 3.8) is 0 Å². The van der Waals surface area contributed by atoms with Gasteiger partial charge in [-0.15, -0.1) is 0 Å². The van der Waals surface area contributed by atoms with E-state index in [1.807, 2.05) is 17.0 Å². The molecule has 0 radical (unpaired) electrons. The van der Waals surface area contributed by atoms with E-state index in [9.17, 15) is 9.59 Å². The second-order valence-electron chi connectivity index (χ2n) is 7.88. The zero-order valence-electron chi connectivity index (χ0n) is 17.9. The molecular weight excluding hydrogens is 416 g/mol. The van der Waals surface area contributed by atoms with Gasteiger partial charge in [-0.3, -0.25) is 9.59 Å². The van der Waals surface area contributed by atoms with Gasteiger partial charge in [-0.05, 0) is 54.7 Å². The van der Waals surface area contributed by atoms with Crippen LogP contribution in [0, 0.1) is 5.92 Å². The highest BCUT2D eigenvalue weighted by Gasteiger charge is 2.44. The number of benzene rings is 2. The van der Waals surface area contributed by atoms with Gasteiger partial charge in [0.1, 0.15) is 17.2 Å². The number of imide groups is 1. The maximum Gasteiger partial charge on any atom is 0.282 e. The summed E-state index contributed by atoms with van der Waals surface area (Å²) in [7, 11) is 3.09. The first kappa shape index (κ1) is 21.2. The Morgan fingerprint density at radius 1 is 0.935 bits per heavy atom. The van der Waals surface area contributed by atoms with Gasteiger partial charge in [-0.2, -0.15) is 0 Å². The fourth-order valence-corrected chi connectivity index (χ4v) is 4.28. The first-order valence-corrected chi connectivity index (χ1v) is 10.7. The van der Waals surface area contributed by atoms with Gasteiger partial charge in [0.2, 0.25) is 0 Å². The lowest BCUT2D eigenvalue weighted by molar-refractivity contribution is -0.120. The van der Waals surface area contributed by atoms with E-state index in [2.05, 4.69) is 6.92 Å². The molecule has 0 saturated carbocycles. The summed E-state index contributed by atoms with van der Waals surface area (Å²) in [5.41, 5.74) is 1.85. The number of carbonyl (C=O) groups is 2. The van der Waals surface area contributed by atoms with Crippen molar-refractivity contribution >= 4 is 34.7 Å². The Morgan fingerprint density at radius 3 is 2.23 bits per heavy atom. The van der Waals surface area contributed by atoms with Crippen LogP contribution in [0.4, 0.5) is 5.69 Å². The first-order valence-electron chi connectivity index (χ1n) is 10.3. The molecule has 31 heavy (non-hydrogen) atoms. The third kappa shape index (κ3) is 3.88. The Kier molecular flexibility index (Phi) is 5.92. The van der Waals surface area contributed by atoms with E-state index in [1.165, 1.54) is 12.0 Å². The van der Waals surface area contributed by atoms with E-state index < -0.39 is 0 Å². The Morgan fingerprint density at radius 2 is 1.61 bits per heavy atom. The van der Waals surface area contributed by atoms with Gasteiger partial charge in [0.05, 0.1) is 25.5 Å². The van der Waals surface area contributed by atoms with E-state index in [1.54, 1.807) is 37.4 Å². The number of hydrogen-bond donors (Lipinski definition) is 0. The van der Waals surface area contributed by atoms with Gasteiger partial charge in [-0.25, -0.2) is 4.90 Å². The Hall–Kier alpha value is -2.99. The average molecular weight is 441 g/mol. The molecular formula is C24H25ClN2O4. The Labute approximate surface area is 187 Å². The molecule has 2 aliphatic rings. The third-order valence-electron chi connectivity index (χ3n) is 5.92. The predicted octanol–water partition coefficient (Wildman–Crippen LogP) is 4.37. The zero-order valence-corrected chi connectivity index (χ0v) is 18.6. The smallest absolute Gasteiger partial charge is 0.282 e. The minimum atomic E-state index is -0.385. The minimum absolute atomic E-state index is 0.344. The molecule has 0 aromatic heterocycles. The van der Waals surface area contributed by atoms with E-state index in [0.29, 0.717) is 45.0 Å². The van der Waals surface area contributed by atoms with E-state index >= 15 is 0 Å². The van der Waals surface area contributed by atoms with E-state index in [4.69, 9.17) is 21.1 Å². The number of halogens is 1. The Bertz CT molecular complexity index is 1040. The van der Waals surface area contributed by atoms with Crippen molar-refractivity contribution in [2.75, 3.05) is 32.2 Å². The van der Waals surface area contributed by atoms with Gasteiger partial charge in [0.25, 0.3) is 11.8 Å². The van der Waals surface area contributed by atoms with Crippen molar-refractivity contribution in [3.05, 3.63) is 58.7 Å². The van der Waals surface area contributed by atoms with Crippen LogP contribution >= 0.6 is 11.6 Å². The molecule has 0 spiro atoms. The number of amides is 2. The second-order valence-corrected chi connectivity index (χ2v) is 8.32. The minimum Gasteiger partial charge on any atom is -0.497 e. The lowest BCUT2D eigenvalue weighted by Gasteiger charge is -2.32. The molecule has 0 N–H and O–H groups in total. The molecule has 4 rings (SSSR count). The molecule has 0 unspecified atom stereocenters. The van der Waals surface area contributed by atoms with Gasteiger partial charge in [0.15, 0.2) is 0 Å². The maximum absolute atomic E-state index is 13.7. The summed E-state index contributed by atoms with van der Waals surface area (Å²) < 4.78 is 10.7. The molecule has 2 aromatic rings. The molecule has 2 aliphatic heterocycles. The molecule has 0 bridgehead atoms. The SMILES string of the molecule is COc1ccc(C2=C(N3CCC(C)CC3)C(=O)N(c3cc(Cl)ccc3OC)C2=O)cc1. The molecule has 0 atom stereocenters. The van der Waals surface area contributed by atoms with Crippen molar-refractivity contribution in [1.29, 1.82) is 0 Å². The van der Waals surface area contributed by atoms with Crippen molar-refractivity contribution in [2.24, 2.45) is 5.92 Å². The molecule has 0 aliphatic carbocycles. The van der Waals surface area contributed by atoms with Crippen molar-refractivity contribution in [1.82, 2.24) is 4.90 Å². The number of piperidine rings is 1. The largest absolute Gasteiger partial charge is 0.497 e. The van der Waals surface area contributed by atoms with E-state index in [-0.39, 0.29) is 11.8 Å². The number of nitrogens with zero attached hydrogens (tertiary/aromatic N) is 2. The van der Waals surface area contributed by atoms with Crippen LogP contribution < -0.4 is 14.4 Å². The quantitative estimate of drug-likeness (QED) is 0.646. The highest BCUT2D eigenvalue weighted by atomic mass is 35.5. The summed E-state index contributed by atoms with van der Waals surface area (Å²) in [6, 6.07) is 12.1. The maximum atomic E-state index is 13.7. The monoisotopic (exact) mass is 440 g/mol. The van der Waals surface area contributed by atoms with Crippen LogP contribution in [0.2, 0.25) is 5.02 Å². The van der Waals surface area contributed by atoms with Crippen LogP contribution in [-0.4, -0.2) is 44.0 Å². The molecule has 2 heterocycles. The molecule has 2 amide bonds. The summed E-state index contributed by atoms with van der Waals surface area (Å²) >= 11 is 6.19. The first-order chi connectivity index (χ1) is 14.9. The fourth-order valence-electron chi connectivity index (χ4n) is 4.12. The lowest BCUT2D eigenvalue weighted by atomic mass is 9.97. The molecule has 6 nitrogen and oxygen atoms in total. The van der Waals surface area contributed by atoms with Crippen LogP contribution in [0.3, 0.4) is 0 Å². The summed E-state index contributed by atoms with van der Waals surface area (Å²) in [6.07, 6.45) is 1.95. The number of methoxy groups -OCH3 is 2. The number of anilines is 1.